The van der Waals surface area contributed by atoms with Crippen LogP contribution >= 0.6 is 12.4 Å². The number of piperazine rings is 1. The van der Waals surface area contributed by atoms with E-state index in [-0.39, 0.29) is 24.1 Å². The van der Waals surface area contributed by atoms with Crippen molar-refractivity contribution in [1.29, 1.82) is 0 Å². The number of carbonyl (C=O) groups is 2. The summed E-state index contributed by atoms with van der Waals surface area (Å²) in [5.74, 6) is -0.121. The highest BCUT2D eigenvalue weighted by atomic mass is 35.5. The molecule has 2 N–H and O–H groups in total. The third kappa shape index (κ3) is 4.81. The number of nitrogens with one attached hydrogen (secondary N) is 2. The van der Waals surface area contributed by atoms with Gasteiger partial charge < -0.3 is 10.6 Å². The maximum atomic E-state index is 12.1. The fourth-order valence-electron chi connectivity index (χ4n) is 2.39. The molecule has 1 aromatic rings. The van der Waals surface area contributed by atoms with Gasteiger partial charge in [0, 0.05) is 31.2 Å². The number of para-hydroxylation sites is 1. The Kier molecular flexibility index (Phi) is 6.81. The second-order valence-electron chi connectivity index (χ2n) is 5.17. The molecule has 116 valence electrons. The lowest BCUT2D eigenvalue weighted by Crippen LogP contribution is -2.52. The molecule has 0 bridgehead atoms. The van der Waals surface area contributed by atoms with Crippen molar-refractivity contribution in [1.82, 2.24) is 10.2 Å². The normalized spacial score (nSPS) is 18.7. The second kappa shape index (κ2) is 8.12. The maximum absolute atomic E-state index is 12.1. The van der Waals surface area contributed by atoms with E-state index in [4.69, 9.17) is 0 Å². The smallest absolute Gasteiger partial charge is 0.238 e. The minimum absolute atomic E-state index is 0. The van der Waals surface area contributed by atoms with Gasteiger partial charge in [-0.2, -0.15) is 0 Å². The highest BCUT2D eigenvalue weighted by molar-refractivity contribution is 6.04. The largest absolute Gasteiger partial charge is 0.324 e. The van der Waals surface area contributed by atoms with Gasteiger partial charge in [0.2, 0.25) is 5.91 Å². The number of hydrogen-bond acceptors (Lipinski definition) is 4. The summed E-state index contributed by atoms with van der Waals surface area (Å²) >= 11 is 0. The van der Waals surface area contributed by atoms with E-state index >= 15 is 0 Å². The molecule has 1 saturated heterocycles. The van der Waals surface area contributed by atoms with Crippen molar-refractivity contribution in [2.24, 2.45) is 0 Å². The summed E-state index contributed by atoms with van der Waals surface area (Å²) in [6.45, 7) is 6.63. The van der Waals surface area contributed by atoms with E-state index in [0.717, 1.165) is 19.6 Å². The number of nitrogens with zero attached hydrogens (tertiary/aromatic N) is 1. The first kappa shape index (κ1) is 17.6. The third-order valence-electron chi connectivity index (χ3n) is 3.57. The summed E-state index contributed by atoms with van der Waals surface area (Å²) in [5, 5.41) is 6.13. The van der Waals surface area contributed by atoms with Crippen LogP contribution in [0.3, 0.4) is 0 Å². The SMILES string of the molecule is CC(=O)c1ccccc1NC(=O)CN1CCNCC1C.Cl. The number of benzene rings is 1. The van der Waals surface area contributed by atoms with Crippen LogP contribution in [0.2, 0.25) is 0 Å². The summed E-state index contributed by atoms with van der Waals surface area (Å²) in [7, 11) is 0. The van der Waals surface area contributed by atoms with E-state index in [9.17, 15) is 9.59 Å². The van der Waals surface area contributed by atoms with Gasteiger partial charge in [-0.15, -0.1) is 12.4 Å². The van der Waals surface area contributed by atoms with Gasteiger partial charge in [0.05, 0.1) is 12.2 Å². The Morgan fingerprint density at radius 3 is 2.76 bits per heavy atom. The molecule has 21 heavy (non-hydrogen) atoms. The number of halogens is 1. The third-order valence-corrected chi connectivity index (χ3v) is 3.57. The van der Waals surface area contributed by atoms with Gasteiger partial charge in [0.15, 0.2) is 5.78 Å². The molecule has 1 atom stereocenters. The highest BCUT2D eigenvalue weighted by Gasteiger charge is 2.20. The average Bonchev–Trinajstić information content (AvgIpc) is 2.41. The monoisotopic (exact) mass is 311 g/mol. The van der Waals surface area contributed by atoms with Gasteiger partial charge in [-0.25, -0.2) is 0 Å². The molecule has 1 unspecified atom stereocenters. The van der Waals surface area contributed by atoms with E-state index in [1.165, 1.54) is 6.92 Å². The Morgan fingerprint density at radius 1 is 1.38 bits per heavy atom. The van der Waals surface area contributed by atoms with Crippen molar-refractivity contribution in [2.45, 2.75) is 19.9 Å². The lowest BCUT2D eigenvalue weighted by atomic mass is 10.1. The van der Waals surface area contributed by atoms with Crippen LogP contribution < -0.4 is 10.6 Å². The van der Waals surface area contributed by atoms with Gasteiger partial charge >= 0.3 is 0 Å². The maximum Gasteiger partial charge on any atom is 0.238 e. The second-order valence-corrected chi connectivity index (χ2v) is 5.17. The van der Waals surface area contributed by atoms with Crippen LogP contribution in [0.5, 0.6) is 0 Å². The van der Waals surface area contributed by atoms with Crippen LogP contribution in [0.4, 0.5) is 5.69 Å². The topological polar surface area (TPSA) is 61.4 Å². The minimum Gasteiger partial charge on any atom is -0.324 e. The molecule has 1 heterocycles. The van der Waals surface area contributed by atoms with E-state index in [1.54, 1.807) is 18.2 Å². The molecule has 1 aliphatic heterocycles. The van der Waals surface area contributed by atoms with Crippen LogP contribution in [0.25, 0.3) is 0 Å². The molecule has 1 fully saturated rings. The minimum atomic E-state index is -0.0764. The number of Topliss-reactive ketones (excluding diaryl/α,β-unsaturated/α-hetero) is 1. The Labute approximate surface area is 131 Å². The molecule has 0 radical (unpaired) electrons. The van der Waals surface area contributed by atoms with Crippen molar-refractivity contribution in [3.8, 4) is 0 Å². The first-order valence-electron chi connectivity index (χ1n) is 6.92. The molecule has 5 nitrogen and oxygen atoms in total. The molecule has 2 rings (SSSR count). The fraction of sp³-hybridized carbons (Fsp3) is 0.467. The van der Waals surface area contributed by atoms with Crippen LogP contribution in [0, 0.1) is 0 Å². The summed E-state index contributed by atoms with van der Waals surface area (Å²) < 4.78 is 0. The Morgan fingerprint density at radius 2 is 2.10 bits per heavy atom. The Hall–Kier alpha value is -1.43. The molecule has 6 heteroatoms. The summed E-state index contributed by atoms with van der Waals surface area (Å²) in [6.07, 6.45) is 0. The van der Waals surface area contributed by atoms with Gasteiger partial charge in [0.25, 0.3) is 0 Å². The highest BCUT2D eigenvalue weighted by Crippen LogP contribution is 2.15. The van der Waals surface area contributed by atoms with E-state index < -0.39 is 0 Å². The Bertz CT molecular complexity index is 507. The number of anilines is 1. The van der Waals surface area contributed by atoms with Crippen LogP contribution in [0.15, 0.2) is 24.3 Å². The van der Waals surface area contributed by atoms with Gasteiger partial charge in [-0.3, -0.25) is 14.5 Å². The van der Waals surface area contributed by atoms with Crippen molar-refractivity contribution < 1.29 is 9.59 Å². The van der Waals surface area contributed by atoms with Crippen LogP contribution in [-0.2, 0) is 4.79 Å². The number of ketones is 1. The molecule has 0 spiro atoms. The molecule has 1 amide bonds. The molecular weight excluding hydrogens is 290 g/mol. The zero-order valence-electron chi connectivity index (χ0n) is 12.4. The molecule has 0 aromatic heterocycles. The number of hydrogen-bond donors (Lipinski definition) is 2. The quantitative estimate of drug-likeness (QED) is 0.828. The zero-order valence-corrected chi connectivity index (χ0v) is 13.2. The summed E-state index contributed by atoms with van der Waals surface area (Å²) in [5.41, 5.74) is 1.14. The van der Waals surface area contributed by atoms with Crippen LogP contribution in [0.1, 0.15) is 24.2 Å². The molecule has 1 aromatic carbocycles. The number of amides is 1. The summed E-state index contributed by atoms with van der Waals surface area (Å²) in [4.78, 5) is 25.8. The van der Waals surface area contributed by atoms with Crippen molar-refractivity contribution in [3.63, 3.8) is 0 Å². The van der Waals surface area contributed by atoms with Gasteiger partial charge in [-0.05, 0) is 26.0 Å². The molecule has 1 aliphatic rings. The zero-order chi connectivity index (χ0) is 14.5. The lowest BCUT2D eigenvalue weighted by molar-refractivity contribution is -0.118. The van der Waals surface area contributed by atoms with E-state index in [0.29, 0.717) is 23.8 Å². The molecular formula is C15H22ClN3O2. The molecule has 0 saturated carbocycles. The average molecular weight is 312 g/mol. The first-order valence-corrected chi connectivity index (χ1v) is 6.92. The predicted molar refractivity (Wildman–Crippen MR) is 86.2 cm³/mol. The fourth-order valence-corrected chi connectivity index (χ4v) is 2.39. The van der Waals surface area contributed by atoms with E-state index in [1.807, 2.05) is 6.07 Å². The first-order chi connectivity index (χ1) is 9.58. The van der Waals surface area contributed by atoms with Crippen LogP contribution in [-0.4, -0.2) is 48.8 Å². The van der Waals surface area contributed by atoms with Crippen molar-refractivity contribution in [3.05, 3.63) is 29.8 Å². The van der Waals surface area contributed by atoms with Gasteiger partial charge in [0.1, 0.15) is 0 Å². The summed E-state index contributed by atoms with van der Waals surface area (Å²) in [6, 6.07) is 7.44. The predicted octanol–water partition coefficient (Wildman–Crippen LogP) is 1.54. The Balaban J connectivity index is 0.00000220. The van der Waals surface area contributed by atoms with Crippen molar-refractivity contribution in [2.75, 3.05) is 31.5 Å². The standard InChI is InChI=1S/C15H21N3O2.ClH/c1-11-9-16-7-8-18(11)10-15(20)17-14-6-4-3-5-13(14)12(2)19;/h3-6,11,16H,7-10H2,1-2H3,(H,17,20);1H. The van der Waals surface area contributed by atoms with Crippen molar-refractivity contribution >= 4 is 29.8 Å². The lowest BCUT2D eigenvalue weighted by Gasteiger charge is -2.33. The number of carbonyl (C=O) groups excluding carboxylic acids is 2. The van der Waals surface area contributed by atoms with E-state index in [2.05, 4.69) is 22.5 Å². The molecule has 0 aliphatic carbocycles. The van der Waals surface area contributed by atoms with Gasteiger partial charge in [-0.1, -0.05) is 12.1 Å². The number of rotatable bonds is 4.